The van der Waals surface area contributed by atoms with E-state index in [9.17, 15) is 63.4 Å². The molecule has 3 heterocycles. The fourth-order valence-electron chi connectivity index (χ4n) is 8.21. The molecule has 0 unspecified atom stereocenters. The van der Waals surface area contributed by atoms with E-state index in [1.807, 2.05) is 0 Å². The second-order valence-corrected chi connectivity index (χ2v) is 19.7. The van der Waals surface area contributed by atoms with Crippen molar-refractivity contribution in [1.82, 2.24) is 29.8 Å². The van der Waals surface area contributed by atoms with Crippen molar-refractivity contribution in [1.29, 1.82) is 0 Å². The summed E-state index contributed by atoms with van der Waals surface area (Å²) >= 11 is 0. The molecule has 0 bridgehead atoms. The number of carbonyl (C=O) groups excluding carboxylic acids is 3. The molecular formula is C39H47F7N6O9S. The summed E-state index contributed by atoms with van der Waals surface area (Å²) in [4.78, 5) is 64.4. The van der Waals surface area contributed by atoms with Gasteiger partial charge in [-0.25, -0.2) is 27.6 Å². The Morgan fingerprint density at radius 3 is 2.27 bits per heavy atom. The van der Waals surface area contributed by atoms with Crippen LogP contribution < -0.4 is 19.5 Å². The van der Waals surface area contributed by atoms with Crippen LogP contribution in [0.2, 0.25) is 0 Å². The molecule has 3 fully saturated rings. The predicted molar refractivity (Wildman–Crippen MR) is 204 cm³/mol. The largest absolute Gasteiger partial charge is 0.494 e. The van der Waals surface area contributed by atoms with Gasteiger partial charge < -0.3 is 24.8 Å². The molecule has 3 N–H and O–H groups in total. The van der Waals surface area contributed by atoms with Crippen LogP contribution in [0, 0.1) is 23.6 Å². The van der Waals surface area contributed by atoms with Crippen molar-refractivity contribution in [3.05, 3.63) is 35.8 Å². The van der Waals surface area contributed by atoms with Gasteiger partial charge in [0.15, 0.2) is 11.6 Å². The first-order valence-corrected chi connectivity index (χ1v) is 21.3. The second kappa shape index (κ2) is 16.0. The molecular weight excluding hydrogens is 862 g/mol. The molecule has 2 saturated carbocycles. The number of halogens is 7. The van der Waals surface area contributed by atoms with Crippen molar-refractivity contribution in [2.75, 3.05) is 13.7 Å². The second-order valence-electron chi connectivity index (χ2n) is 17.5. The number of allylic oxidation sites excluding steroid dienone is 1. The van der Waals surface area contributed by atoms with Crippen LogP contribution in [-0.2, 0) is 30.6 Å². The van der Waals surface area contributed by atoms with Crippen LogP contribution >= 0.6 is 0 Å². The number of amides is 4. The van der Waals surface area contributed by atoms with Crippen molar-refractivity contribution >= 4 is 44.9 Å². The van der Waals surface area contributed by atoms with Crippen molar-refractivity contribution in [3.8, 4) is 11.6 Å². The number of hydrogen-bond donors (Lipinski definition) is 3. The van der Waals surface area contributed by atoms with Crippen LogP contribution in [-0.4, -0.2) is 111 Å². The molecule has 23 heteroatoms. The topological polar surface area (TPSA) is 197 Å². The van der Waals surface area contributed by atoms with E-state index in [-0.39, 0.29) is 42.0 Å². The van der Waals surface area contributed by atoms with E-state index in [1.54, 1.807) is 19.1 Å². The maximum absolute atomic E-state index is 14.9. The zero-order valence-corrected chi connectivity index (χ0v) is 35.3. The van der Waals surface area contributed by atoms with Crippen LogP contribution in [0.4, 0.5) is 35.5 Å². The smallest absolute Gasteiger partial charge is 0.438 e. The number of fused-ring (bicyclic) bond motifs is 3. The number of sulfonamides is 1. The number of rotatable bonds is 8. The Hall–Kier alpha value is -4.96. The minimum Gasteiger partial charge on any atom is -0.494 e. The molecule has 2 aromatic rings. The highest BCUT2D eigenvalue weighted by Gasteiger charge is 2.64. The normalized spacial score (nSPS) is 28.2. The van der Waals surface area contributed by atoms with Gasteiger partial charge in [-0.2, -0.15) is 26.3 Å². The van der Waals surface area contributed by atoms with Crippen LogP contribution in [0.5, 0.6) is 11.6 Å². The van der Waals surface area contributed by atoms with Gasteiger partial charge in [0, 0.05) is 24.5 Å². The van der Waals surface area contributed by atoms with Gasteiger partial charge in [0.05, 0.1) is 29.4 Å². The number of methoxy groups -OCH3 is 1. The number of nitrogens with one attached hydrogen (secondary N) is 2. The van der Waals surface area contributed by atoms with Gasteiger partial charge in [0.1, 0.15) is 29.3 Å². The number of carboxylic acid groups (broad SMARTS) is 1. The molecule has 4 amide bonds. The van der Waals surface area contributed by atoms with Crippen LogP contribution in [0.1, 0.15) is 85.3 Å². The summed E-state index contributed by atoms with van der Waals surface area (Å²) in [5, 5.41) is 12.9. The first kappa shape index (κ1) is 46.5. The van der Waals surface area contributed by atoms with Gasteiger partial charge in [-0.3, -0.25) is 24.0 Å². The van der Waals surface area contributed by atoms with E-state index < -0.39 is 134 Å². The SMILES string of the molecule is COc1cc2nc(O[C@@H]3C[C@H]4C(=O)N[C@]5(C(=O)NS(=O)(=O)C6(C)CC6)C[C@H]5C=CCC[C@@H](C)C[C@@H](C)[C@H](N(C(=O)O)C(C)(C)C(F)(F)F)C(=O)N4C3)c(C(F)(F)F)nc2cc1F. The first-order chi connectivity index (χ1) is 28.6. The van der Waals surface area contributed by atoms with E-state index in [0.29, 0.717) is 37.7 Å². The summed E-state index contributed by atoms with van der Waals surface area (Å²) in [5.41, 5.74) is -7.71. The van der Waals surface area contributed by atoms with E-state index in [4.69, 9.17) is 9.47 Å². The highest BCUT2D eigenvalue weighted by Crippen LogP contribution is 2.48. The predicted octanol–water partition coefficient (Wildman–Crippen LogP) is 5.72. The molecule has 15 nitrogen and oxygen atoms in total. The van der Waals surface area contributed by atoms with Crippen LogP contribution in [0.3, 0.4) is 0 Å². The molecule has 2 aliphatic carbocycles. The number of nitrogens with zero attached hydrogens (tertiary/aromatic N) is 4. The maximum atomic E-state index is 14.9. The van der Waals surface area contributed by atoms with Crippen molar-refractivity contribution in [2.24, 2.45) is 17.8 Å². The summed E-state index contributed by atoms with van der Waals surface area (Å²) in [5.74, 6) is -8.45. The average Bonchev–Trinajstić information content (AvgIpc) is 4.03. The van der Waals surface area contributed by atoms with Gasteiger partial charge in [-0.05, 0) is 71.1 Å². The minimum absolute atomic E-state index is 0.00464. The zero-order chi connectivity index (χ0) is 46.1. The molecule has 62 heavy (non-hydrogen) atoms. The molecule has 1 aromatic heterocycles. The Morgan fingerprint density at radius 2 is 1.69 bits per heavy atom. The lowest BCUT2D eigenvalue weighted by atomic mass is 9.85. The van der Waals surface area contributed by atoms with Crippen LogP contribution in [0.15, 0.2) is 24.3 Å². The van der Waals surface area contributed by atoms with Crippen molar-refractivity contribution < 1.29 is 72.9 Å². The molecule has 6 rings (SSSR count). The molecule has 1 saturated heterocycles. The number of carbonyl (C=O) groups is 4. The third-order valence-electron chi connectivity index (χ3n) is 12.4. The molecule has 2 aliphatic heterocycles. The van der Waals surface area contributed by atoms with Crippen molar-refractivity contribution in [3.63, 3.8) is 0 Å². The van der Waals surface area contributed by atoms with Gasteiger partial charge in [0.25, 0.3) is 5.91 Å². The van der Waals surface area contributed by atoms with E-state index in [2.05, 4.69) is 20.0 Å². The lowest BCUT2D eigenvalue weighted by Crippen LogP contribution is -2.66. The molecule has 7 atom stereocenters. The summed E-state index contributed by atoms with van der Waals surface area (Å²) in [6.45, 7) is 4.86. The van der Waals surface area contributed by atoms with E-state index in [0.717, 1.165) is 13.2 Å². The fraction of sp³-hybridized carbons (Fsp3) is 0.641. The summed E-state index contributed by atoms with van der Waals surface area (Å²) < 4.78 is 140. The molecule has 1 aromatic carbocycles. The van der Waals surface area contributed by atoms with E-state index >= 15 is 0 Å². The monoisotopic (exact) mass is 908 g/mol. The highest BCUT2D eigenvalue weighted by molar-refractivity contribution is 7.91. The minimum atomic E-state index is -5.27. The fourth-order valence-corrected chi connectivity index (χ4v) is 9.52. The maximum Gasteiger partial charge on any atom is 0.438 e. The van der Waals surface area contributed by atoms with Gasteiger partial charge in [0.2, 0.25) is 33.4 Å². The zero-order valence-electron chi connectivity index (χ0n) is 34.5. The molecule has 0 radical (unpaired) electrons. The van der Waals surface area contributed by atoms with Gasteiger partial charge in [-0.1, -0.05) is 26.0 Å². The Kier molecular flexibility index (Phi) is 12.0. The third-order valence-corrected chi connectivity index (χ3v) is 14.6. The Labute approximate surface area is 351 Å². The Balaban J connectivity index is 1.46. The summed E-state index contributed by atoms with van der Waals surface area (Å²) in [7, 11) is -3.15. The number of benzene rings is 1. The number of ether oxygens (including phenoxy) is 2. The van der Waals surface area contributed by atoms with Crippen molar-refractivity contribution in [2.45, 2.75) is 126 Å². The number of alkyl halides is 6. The summed E-state index contributed by atoms with van der Waals surface area (Å²) in [6.07, 6.45) is -10.5. The average molecular weight is 909 g/mol. The molecule has 342 valence electrons. The Morgan fingerprint density at radius 1 is 1.05 bits per heavy atom. The van der Waals surface area contributed by atoms with E-state index in [1.165, 1.54) is 13.8 Å². The standard InChI is InChI=1S/C39H47F7N6O9S/c1-19-9-7-8-10-21-17-37(21,33(55)50-62(58,59)36(5)11-12-36)49-30(53)26-14-22(61-31-29(38(41,42)43)47-24-15-23(40)27(60-6)16-25(24)48-31)18-51(26)32(54)28(20(2)13-19)52(34(56)57)35(3,4)39(44,45)46/h8,10,15-16,19-22,26,28H,7,9,11-14,17-18H2,1-6H3,(H,49,53)(H,50,55)(H,56,57)/t19-,20-,21-,22-,26+,28+,37-/m1/s1. The molecule has 0 spiro atoms. The third kappa shape index (κ3) is 8.69. The molecule has 4 aliphatic rings. The summed E-state index contributed by atoms with van der Waals surface area (Å²) in [6, 6.07) is -2.37. The highest BCUT2D eigenvalue weighted by atomic mass is 32.2. The van der Waals surface area contributed by atoms with Gasteiger partial charge in [-0.15, -0.1) is 0 Å². The van der Waals surface area contributed by atoms with Gasteiger partial charge >= 0.3 is 18.4 Å². The first-order valence-electron chi connectivity index (χ1n) is 19.8. The quantitative estimate of drug-likeness (QED) is 0.217. The van der Waals surface area contributed by atoms with Crippen LogP contribution in [0.25, 0.3) is 11.0 Å². The Bertz CT molecular complexity index is 2290. The lowest BCUT2D eigenvalue weighted by molar-refractivity contribution is -0.222. The lowest BCUT2D eigenvalue weighted by Gasteiger charge is -2.45. The number of aromatic nitrogens is 2. The number of hydrogen-bond acceptors (Lipinski definition) is 10.